The van der Waals surface area contributed by atoms with Crippen LogP contribution >= 0.6 is 23.4 Å². The van der Waals surface area contributed by atoms with Gasteiger partial charge >= 0.3 is 5.97 Å². The van der Waals surface area contributed by atoms with E-state index in [0.29, 0.717) is 28.6 Å². The van der Waals surface area contributed by atoms with E-state index in [-0.39, 0.29) is 5.91 Å². The number of hydrogen-bond acceptors (Lipinski definition) is 4. The Bertz CT molecular complexity index is 778. The molecule has 0 N–H and O–H groups in total. The summed E-state index contributed by atoms with van der Waals surface area (Å²) in [6.45, 7) is 0.372. The highest BCUT2D eigenvalue weighted by molar-refractivity contribution is 8.00. The Morgan fingerprint density at radius 1 is 1.30 bits per heavy atom. The zero-order valence-corrected chi connectivity index (χ0v) is 14.0. The van der Waals surface area contributed by atoms with Crippen molar-refractivity contribution in [3.63, 3.8) is 0 Å². The van der Waals surface area contributed by atoms with Crippen LogP contribution in [0.3, 0.4) is 0 Å². The first-order chi connectivity index (χ1) is 11.1. The molecule has 1 aliphatic heterocycles. The summed E-state index contributed by atoms with van der Waals surface area (Å²) in [4.78, 5) is 26.7. The Morgan fingerprint density at radius 3 is 2.83 bits per heavy atom. The van der Waals surface area contributed by atoms with Gasteiger partial charge in [0.15, 0.2) is 0 Å². The van der Waals surface area contributed by atoms with Crippen molar-refractivity contribution < 1.29 is 14.3 Å². The summed E-state index contributed by atoms with van der Waals surface area (Å²) in [5.74, 6) is -0.0624. The third-order valence-electron chi connectivity index (χ3n) is 3.61. The van der Waals surface area contributed by atoms with Crippen LogP contribution in [0.5, 0.6) is 0 Å². The smallest absolute Gasteiger partial charge is 0.337 e. The molecule has 0 fully saturated rings. The summed E-state index contributed by atoms with van der Waals surface area (Å²) >= 11 is 7.67. The Hall–Kier alpha value is -1.98. The highest BCUT2D eigenvalue weighted by Gasteiger charge is 2.26. The van der Waals surface area contributed by atoms with Crippen molar-refractivity contribution in [3.05, 3.63) is 58.6 Å². The van der Waals surface area contributed by atoms with Gasteiger partial charge in [-0.25, -0.2) is 4.79 Å². The molecule has 2 aromatic carbocycles. The minimum absolute atomic E-state index is 0.00978. The molecule has 1 amide bonds. The zero-order valence-electron chi connectivity index (χ0n) is 12.4. The van der Waals surface area contributed by atoms with Crippen LogP contribution in [0.1, 0.15) is 15.9 Å². The maximum Gasteiger partial charge on any atom is 0.337 e. The van der Waals surface area contributed by atoms with Crippen LogP contribution in [0.2, 0.25) is 5.02 Å². The van der Waals surface area contributed by atoms with Gasteiger partial charge in [-0.05, 0) is 29.8 Å². The molecule has 0 unspecified atom stereocenters. The van der Waals surface area contributed by atoms with Gasteiger partial charge in [-0.2, -0.15) is 0 Å². The normalized spacial score (nSPS) is 13.7. The van der Waals surface area contributed by atoms with E-state index >= 15 is 0 Å². The lowest BCUT2D eigenvalue weighted by atomic mass is 10.1. The van der Waals surface area contributed by atoms with Crippen molar-refractivity contribution in [2.45, 2.75) is 11.4 Å². The Balaban J connectivity index is 2.00. The minimum Gasteiger partial charge on any atom is -0.465 e. The molecule has 3 rings (SSSR count). The number of thioether (sulfide) groups is 1. The van der Waals surface area contributed by atoms with Crippen LogP contribution in [0.15, 0.2) is 47.4 Å². The minimum atomic E-state index is -0.423. The van der Waals surface area contributed by atoms with Gasteiger partial charge in [0.25, 0.3) is 0 Å². The summed E-state index contributed by atoms with van der Waals surface area (Å²) in [5, 5.41) is 0.615. The average Bonchev–Trinajstić information content (AvgIpc) is 2.58. The first-order valence-corrected chi connectivity index (χ1v) is 8.35. The number of fused-ring (bicyclic) bond motifs is 1. The van der Waals surface area contributed by atoms with Crippen LogP contribution in [0.25, 0.3) is 0 Å². The van der Waals surface area contributed by atoms with Crippen LogP contribution in [0.4, 0.5) is 5.69 Å². The average molecular weight is 348 g/mol. The van der Waals surface area contributed by atoms with E-state index in [1.54, 1.807) is 23.1 Å². The van der Waals surface area contributed by atoms with Gasteiger partial charge < -0.3 is 9.64 Å². The fourth-order valence-corrected chi connectivity index (χ4v) is 3.53. The van der Waals surface area contributed by atoms with Gasteiger partial charge in [0.1, 0.15) is 0 Å². The largest absolute Gasteiger partial charge is 0.465 e. The molecular weight excluding hydrogens is 334 g/mol. The van der Waals surface area contributed by atoms with E-state index < -0.39 is 5.97 Å². The van der Waals surface area contributed by atoms with Gasteiger partial charge in [0.05, 0.1) is 30.7 Å². The fourth-order valence-electron chi connectivity index (χ4n) is 2.42. The SMILES string of the molecule is COC(=O)c1ccc2c(c1)N(Cc1ccccc1Cl)C(=O)CS2. The molecule has 23 heavy (non-hydrogen) atoms. The van der Waals surface area contributed by atoms with E-state index in [0.717, 1.165) is 10.5 Å². The quantitative estimate of drug-likeness (QED) is 0.793. The number of nitrogens with zero attached hydrogens (tertiary/aromatic N) is 1. The van der Waals surface area contributed by atoms with Gasteiger partial charge in [-0.15, -0.1) is 11.8 Å². The monoisotopic (exact) mass is 347 g/mol. The fraction of sp³-hybridized carbons (Fsp3) is 0.176. The topological polar surface area (TPSA) is 46.6 Å². The number of esters is 1. The third-order valence-corrected chi connectivity index (χ3v) is 5.03. The number of ether oxygens (including phenoxy) is 1. The molecule has 0 saturated heterocycles. The molecule has 0 aromatic heterocycles. The summed E-state index contributed by atoms with van der Waals surface area (Å²) in [6.07, 6.45) is 0. The van der Waals surface area contributed by atoms with Crippen LogP contribution in [-0.4, -0.2) is 24.7 Å². The standard InChI is InChI=1S/C17H14ClNO3S/c1-22-17(21)11-6-7-15-14(8-11)19(16(20)10-23-15)9-12-4-2-3-5-13(12)18/h2-8H,9-10H2,1H3. The lowest BCUT2D eigenvalue weighted by molar-refractivity contribution is -0.116. The molecule has 1 aliphatic rings. The van der Waals surface area contributed by atoms with E-state index in [9.17, 15) is 9.59 Å². The lowest BCUT2D eigenvalue weighted by Crippen LogP contribution is -2.35. The second kappa shape index (κ2) is 6.64. The van der Waals surface area contributed by atoms with E-state index in [4.69, 9.17) is 16.3 Å². The molecule has 118 valence electrons. The van der Waals surface area contributed by atoms with Gasteiger partial charge in [0.2, 0.25) is 5.91 Å². The molecule has 0 saturated carbocycles. The Morgan fingerprint density at radius 2 is 2.09 bits per heavy atom. The summed E-state index contributed by atoms with van der Waals surface area (Å²) in [6, 6.07) is 12.7. The number of rotatable bonds is 3. The first-order valence-electron chi connectivity index (χ1n) is 6.99. The number of anilines is 1. The Kier molecular flexibility index (Phi) is 4.59. The number of benzene rings is 2. The van der Waals surface area contributed by atoms with Crippen molar-refractivity contribution >= 4 is 40.9 Å². The Labute approximate surface area is 143 Å². The van der Waals surface area contributed by atoms with Crippen LogP contribution < -0.4 is 4.90 Å². The van der Waals surface area contributed by atoms with Crippen molar-refractivity contribution in [2.75, 3.05) is 17.8 Å². The van der Waals surface area contributed by atoms with E-state index in [1.807, 2.05) is 24.3 Å². The van der Waals surface area contributed by atoms with Gasteiger partial charge in [-0.1, -0.05) is 29.8 Å². The zero-order chi connectivity index (χ0) is 16.4. The maximum absolute atomic E-state index is 12.4. The number of methoxy groups -OCH3 is 1. The predicted octanol–water partition coefficient (Wildman–Crippen LogP) is 3.77. The lowest BCUT2D eigenvalue weighted by Gasteiger charge is -2.29. The molecule has 0 radical (unpaired) electrons. The number of halogens is 1. The summed E-state index contributed by atoms with van der Waals surface area (Å²) in [7, 11) is 1.34. The molecule has 0 bridgehead atoms. The number of carbonyl (C=O) groups is 2. The predicted molar refractivity (Wildman–Crippen MR) is 91.1 cm³/mol. The maximum atomic E-state index is 12.4. The molecule has 0 aliphatic carbocycles. The van der Waals surface area contributed by atoms with Crippen molar-refractivity contribution in [3.8, 4) is 0 Å². The van der Waals surface area contributed by atoms with Gasteiger partial charge in [0, 0.05) is 9.92 Å². The molecule has 0 spiro atoms. The van der Waals surface area contributed by atoms with E-state index in [1.165, 1.54) is 18.9 Å². The second-order valence-corrected chi connectivity index (χ2v) is 6.46. The van der Waals surface area contributed by atoms with Crippen LogP contribution in [-0.2, 0) is 16.1 Å². The number of amides is 1. The van der Waals surface area contributed by atoms with Gasteiger partial charge in [-0.3, -0.25) is 4.79 Å². The number of hydrogen-bond donors (Lipinski definition) is 0. The third kappa shape index (κ3) is 3.21. The van der Waals surface area contributed by atoms with Crippen molar-refractivity contribution in [1.82, 2.24) is 0 Å². The molecule has 4 nitrogen and oxygen atoms in total. The molecular formula is C17H14ClNO3S. The molecule has 6 heteroatoms. The molecule has 1 heterocycles. The van der Waals surface area contributed by atoms with Crippen molar-refractivity contribution in [2.24, 2.45) is 0 Å². The first kappa shape index (κ1) is 15.9. The highest BCUT2D eigenvalue weighted by Crippen LogP contribution is 2.37. The summed E-state index contributed by atoms with van der Waals surface area (Å²) < 4.78 is 4.76. The van der Waals surface area contributed by atoms with E-state index in [2.05, 4.69) is 0 Å². The van der Waals surface area contributed by atoms with Crippen LogP contribution in [0, 0.1) is 0 Å². The summed E-state index contributed by atoms with van der Waals surface area (Å²) in [5.41, 5.74) is 2.00. The molecule has 2 aromatic rings. The highest BCUT2D eigenvalue weighted by atomic mass is 35.5. The second-order valence-electron chi connectivity index (χ2n) is 5.03. The number of carbonyl (C=O) groups excluding carboxylic acids is 2. The van der Waals surface area contributed by atoms with Crippen molar-refractivity contribution in [1.29, 1.82) is 0 Å². The molecule has 0 atom stereocenters.